The monoisotopic (exact) mass is 342 g/mol. The molecule has 1 aromatic heterocycles. The predicted octanol–water partition coefficient (Wildman–Crippen LogP) is 2.14. The minimum absolute atomic E-state index is 0.117. The van der Waals surface area contributed by atoms with Gasteiger partial charge in [-0.05, 0) is 43.9 Å². The van der Waals surface area contributed by atoms with Gasteiger partial charge in [-0.3, -0.25) is 14.4 Å². The number of ether oxygens (including phenoxy) is 1. The van der Waals surface area contributed by atoms with Crippen molar-refractivity contribution in [1.82, 2.24) is 15.1 Å². The Morgan fingerprint density at radius 2 is 2.08 bits per heavy atom. The van der Waals surface area contributed by atoms with Crippen LogP contribution >= 0.6 is 0 Å². The molecule has 0 aliphatic carbocycles. The van der Waals surface area contributed by atoms with Crippen LogP contribution in [0, 0.1) is 0 Å². The van der Waals surface area contributed by atoms with Crippen molar-refractivity contribution in [2.75, 3.05) is 18.6 Å². The first-order valence-corrected chi connectivity index (χ1v) is 8.77. The molecule has 2 atom stereocenters. The number of carbonyl (C=O) groups excluding carboxylic acids is 1. The number of hydrogen-bond donors (Lipinski definition) is 1. The molecule has 1 aliphatic rings. The molecule has 25 heavy (non-hydrogen) atoms. The molecule has 1 saturated heterocycles. The Kier molecular flexibility index (Phi) is 5.38. The average molecular weight is 342 g/mol. The lowest BCUT2D eigenvalue weighted by Gasteiger charge is -2.33. The minimum atomic E-state index is -0.149. The number of hydrogen-bond acceptors (Lipinski definition) is 4. The zero-order valence-corrected chi connectivity index (χ0v) is 15.1. The molecule has 0 spiro atoms. The Hall–Kier alpha value is -2.34. The Morgan fingerprint density at radius 1 is 1.32 bits per heavy atom. The molecule has 2 aromatic rings. The lowest BCUT2D eigenvalue weighted by atomic mass is 10.0. The maximum atomic E-state index is 12.8. The molecule has 1 N–H and O–H groups in total. The zero-order valence-electron chi connectivity index (χ0n) is 15.1. The van der Waals surface area contributed by atoms with E-state index < -0.39 is 0 Å². The molecule has 0 radical (unpaired) electrons. The molecule has 3 rings (SSSR count). The summed E-state index contributed by atoms with van der Waals surface area (Å²) in [4.78, 5) is 14.6. The SMILES string of the molecule is COc1ccc(C[C@H](C)N[C@@H]2CCCN(c3ccn(C)n3)C2=O)cc1. The lowest BCUT2D eigenvalue weighted by Crippen LogP contribution is -2.53. The molecule has 1 amide bonds. The van der Waals surface area contributed by atoms with Gasteiger partial charge in [-0.1, -0.05) is 12.1 Å². The van der Waals surface area contributed by atoms with Gasteiger partial charge in [0.1, 0.15) is 5.75 Å². The first-order valence-electron chi connectivity index (χ1n) is 8.77. The number of methoxy groups -OCH3 is 1. The van der Waals surface area contributed by atoms with Crippen LogP contribution in [-0.4, -0.2) is 41.4 Å². The Bertz CT molecular complexity index is 710. The van der Waals surface area contributed by atoms with Crippen molar-refractivity contribution >= 4 is 11.7 Å². The lowest BCUT2D eigenvalue weighted by molar-refractivity contribution is -0.122. The van der Waals surface area contributed by atoms with Gasteiger partial charge in [-0.25, -0.2) is 0 Å². The normalized spacial score (nSPS) is 19.1. The van der Waals surface area contributed by atoms with E-state index in [1.165, 1.54) is 5.56 Å². The number of nitrogens with one attached hydrogen (secondary N) is 1. The van der Waals surface area contributed by atoms with E-state index in [-0.39, 0.29) is 18.0 Å². The van der Waals surface area contributed by atoms with E-state index in [1.807, 2.05) is 31.4 Å². The number of aryl methyl sites for hydroxylation is 1. The predicted molar refractivity (Wildman–Crippen MR) is 97.9 cm³/mol. The molecule has 6 nitrogen and oxygen atoms in total. The summed E-state index contributed by atoms with van der Waals surface area (Å²) in [7, 11) is 3.53. The third kappa shape index (κ3) is 4.20. The Morgan fingerprint density at radius 3 is 2.72 bits per heavy atom. The highest BCUT2D eigenvalue weighted by molar-refractivity contribution is 5.97. The van der Waals surface area contributed by atoms with Crippen LogP contribution in [0.25, 0.3) is 0 Å². The largest absolute Gasteiger partial charge is 0.497 e. The number of carbonyl (C=O) groups is 1. The van der Waals surface area contributed by atoms with Crippen LogP contribution in [0.4, 0.5) is 5.82 Å². The highest BCUT2D eigenvalue weighted by atomic mass is 16.5. The third-order valence-corrected chi connectivity index (χ3v) is 4.60. The van der Waals surface area contributed by atoms with Crippen molar-refractivity contribution in [1.29, 1.82) is 0 Å². The van der Waals surface area contributed by atoms with Gasteiger partial charge in [0, 0.05) is 31.9 Å². The van der Waals surface area contributed by atoms with Crippen molar-refractivity contribution < 1.29 is 9.53 Å². The van der Waals surface area contributed by atoms with Crippen molar-refractivity contribution in [3.05, 3.63) is 42.1 Å². The van der Waals surface area contributed by atoms with Gasteiger partial charge >= 0.3 is 0 Å². The van der Waals surface area contributed by atoms with Gasteiger partial charge in [-0.2, -0.15) is 5.10 Å². The maximum Gasteiger partial charge on any atom is 0.245 e. The van der Waals surface area contributed by atoms with E-state index in [2.05, 4.69) is 29.5 Å². The summed E-state index contributed by atoms with van der Waals surface area (Å²) in [5, 5.41) is 7.86. The second-order valence-corrected chi connectivity index (χ2v) is 6.65. The Labute approximate surface area is 148 Å². The summed E-state index contributed by atoms with van der Waals surface area (Å²) in [5.74, 6) is 1.71. The van der Waals surface area contributed by atoms with Gasteiger partial charge in [-0.15, -0.1) is 0 Å². The van der Waals surface area contributed by atoms with Crippen LogP contribution in [0.3, 0.4) is 0 Å². The summed E-state index contributed by atoms with van der Waals surface area (Å²) >= 11 is 0. The number of piperidine rings is 1. The van der Waals surface area contributed by atoms with E-state index in [9.17, 15) is 4.79 Å². The first kappa shape index (κ1) is 17.5. The highest BCUT2D eigenvalue weighted by Gasteiger charge is 2.31. The molecule has 0 saturated carbocycles. The third-order valence-electron chi connectivity index (χ3n) is 4.60. The van der Waals surface area contributed by atoms with Crippen molar-refractivity contribution in [3.63, 3.8) is 0 Å². The molecule has 1 aliphatic heterocycles. The van der Waals surface area contributed by atoms with Crippen LogP contribution in [-0.2, 0) is 18.3 Å². The van der Waals surface area contributed by atoms with Crippen molar-refractivity contribution in [3.8, 4) is 5.75 Å². The minimum Gasteiger partial charge on any atom is -0.497 e. The van der Waals surface area contributed by atoms with Crippen molar-refractivity contribution in [2.45, 2.75) is 38.3 Å². The fraction of sp³-hybridized carbons (Fsp3) is 0.474. The van der Waals surface area contributed by atoms with E-state index in [4.69, 9.17) is 4.74 Å². The zero-order chi connectivity index (χ0) is 17.8. The van der Waals surface area contributed by atoms with E-state index in [0.29, 0.717) is 0 Å². The van der Waals surface area contributed by atoms with Crippen LogP contribution < -0.4 is 15.0 Å². The summed E-state index contributed by atoms with van der Waals surface area (Å²) in [6.45, 7) is 2.86. The number of benzene rings is 1. The molecule has 1 fully saturated rings. The van der Waals surface area contributed by atoms with Crippen LogP contribution in [0.15, 0.2) is 36.5 Å². The summed E-state index contributed by atoms with van der Waals surface area (Å²) in [6, 6.07) is 10.0. The molecule has 0 bridgehead atoms. The first-order chi connectivity index (χ1) is 12.1. The van der Waals surface area contributed by atoms with Gasteiger partial charge in [0.05, 0.1) is 13.2 Å². The van der Waals surface area contributed by atoms with Crippen LogP contribution in [0.1, 0.15) is 25.3 Å². The second kappa shape index (κ2) is 7.70. The number of amides is 1. The van der Waals surface area contributed by atoms with Gasteiger partial charge in [0.15, 0.2) is 5.82 Å². The standard InChI is InChI=1S/C19H26N4O2/c1-14(13-15-6-8-16(25-3)9-7-15)20-17-5-4-11-23(19(17)24)18-10-12-22(2)21-18/h6-10,12,14,17,20H,4-5,11,13H2,1-3H3/t14-,17+/m0/s1. The van der Waals surface area contributed by atoms with Crippen LogP contribution in [0.2, 0.25) is 0 Å². The molecule has 1 aromatic carbocycles. The molecule has 0 unspecified atom stereocenters. The Balaban J connectivity index is 1.59. The fourth-order valence-corrected chi connectivity index (χ4v) is 3.32. The van der Waals surface area contributed by atoms with Crippen LogP contribution in [0.5, 0.6) is 5.75 Å². The second-order valence-electron chi connectivity index (χ2n) is 6.65. The average Bonchev–Trinajstić information content (AvgIpc) is 3.03. The smallest absolute Gasteiger partial charge is 0.245 e. The van der Waals surface area contributed by atoms with Gasteiger partial charge in [0.2, 0.25) is 5.91 Å². The topological polar surface area (TPSA) is 59.4 Å². The highest BCUT2D eigenvalue weighted by Crippen LogP contribution is 2.20. The number of rotatable bonds is 6. The maximum absolute atomic E-state index is 12.8. The summed E-state index contributed by atoms with van der Waals surface area (Å²) < 4.78 is 6.92. The van der Waals surface area contributed by atoms with Gasteiger partial charge < -0.3 is 10.1 Å². The molecule has 134 valence electrons. The summed E-state index contributed by atoms with van der Waals surface area (Å²) in [6.07, 6.45) is 4.59. The molecule has 2 heterocycles. The van der Waals surface area contributed by atoms with Crippen molar-refractivity contribution in [2.24, 2.45) is 7.05 Å². The molecular weight excluding hydrogens is 316 g/mol. The number of anilines is 1. The van der Waals surface area contributed by atoms with Gasteiger partial charge in [0.25, 0.3) is 0 Å². The fourth-order valence-electron chi connectivity index (χ4n) is 3.32. The molecule has 6 heteroatoms. The number of nitrogens with zero attached hydrogens (tertiary/aromatic N) is 3. The summed E-state index contributed by atoms with van der Waals surface area (Å²) in [5.41, 5.74) is 1.23. The van der Waals surface area contributed by atoms with E-state index in [0.717, 1.165) is 37.4 Å². The number of aromatic nitrogens is 2. The quantitative estimate of drug-likeness (QED) is 0.874. The molecular formula is C19H26N4O2. The van der Waals surface area contributed by atoms with E-state index in [1.54, 1.807) is 16.7 Å². The van der Waals surface area contributed by atoms with E-state index >= 15 is 0 Å².